The Hall–Kier alpha value is -1.33. The minimum atomic E-state index is -0.148. The van der Waals surface area contributed by atoms with Crippen LogP contribution in [-0.2, 0) is 0 Å². The van der Waals surface area contributed by atoms with Gasteiger partial charge in [-0.25, -0.2) is 0 Å². The average molecular weight is 174 g/mol. The van der Waals surface area contributed by atoms with E-state index in [1.807, 2.05) is 19.1 Å². The minimum absolute atomic E-state index is 0.148. The molecule has 1 rings (SSSR count). The molecule has 0 aliphatic carbocycles. The van der Waals surface area contributed by atoms with E-state index in [9.17, 15) is 0 Å². The summed E-state index contributed by atoms with van der Waals surface area (Å²) in [5.74, 6) is 0. The fraction of sp³-hybridized carbons (Fsp3) is 0.364. The molecular weight excluding hydrogens is 160 g/mol. The zero-order valence-electron chi connectivity index (χ0n) is 8.04. The smallest absolute Gasteiger partial charge is 0.0641 e. The summed E-state index contributed by atoms with van der Waals surface area (Å²) in [6, 6.07) is 7.96. The first-order chi connectivity index (χ1) is 6.16. The minimum Gasteiger partial charge on any atom is -0.323 e. The molecule has 0 amide bonds. The molecule has 0 radical (unpaired) electrons. The van der Waals surface area contributed by atoms with Crippen molar-refractivity contribution < 1.29 is 0 Å². The van der Waals surface area contributed by atoms with E-state index in [-0.39, 0.29) is 6.04 Å². The Kier molecular flexibility index (Phi) is 3.05. The Balaban J connectivity index is 3.02. The predicted molar refractivity (Wildman–Crippen MR) is 53.1 cm³/mol. The van der Waals surface area contributed by atoms with Gasteiger partial charge in [0.25, 0.3) is 0 Å². The van der Waals surface area contributed by atoms with Crippen molar-refractivity contribution in [1.82, 2.24) is 0 Å². The normalized spacial score (nSPS) is 12.2. The predicted octanol–water partition coefficient (Wildman–Crippen LogP) is 2.22. The number of hydrogen-bond donors (Lipinski definition) is 1. The van der Waals surface area contributed by atoms with E-state index in [1.54, 1.807) is 0 Å². The topological polar surface area (TPSA) is 49.8 Å². The Bertz CT molecular complexity index is 336. The highest BCUT2D eigenvalue weighted by molar-refractivity contribution is 5.35. The number of nitrogens with zero attached hydrogens (tertiary/aromatic N) is 1. The molecule has 2 N–H and O–H groups in total. The summed E-state index contributed by atoms with van der Waals surface area (Å²) < 4.78 is 0. The molecule has 0 bridgehead atoms. The highest BCUT2D eigenvalue weighted by Gasteiger charge is 2.08. The van der Waals surface area contributed by atoms with Gasteiger partial charge in [-0.15, -0.1) is 0 Å². The first-order valence-electron chi connectivity index (χ1n) is 4.35. The van der Waals surface area contributed by atoms with Crippen molar-refractivity contribution in [1.29, 1.82) is 5.26 Å². The maximum atomic E-state index is 8.53. The number of rotatable bonds is 2. The van der Waals surface area contributed by atoms with Crippen molar-refractivity contribution in [2.45, 2.75) is 26.3 Å². The quantitative estimate of drug-likeness (QED) is 0.747. The largest absolute Gasteiger partial charge is 0.323 e. The molecule has 0 aromatic heterocycles. The van der Waals surface area contributed by atoms with Crippen LogP contribution in [0.25, 0.3) is 0 Å². The molecule has 0 saturated carbocycles. The Morgan fingerprint density at radius 2 is 2.15 bits per heavy atom. The first kappa shape index (κ1) is 9.76. The van der Waals surface area contributed by atoms with Crippen molar-refractivity contribution in [3.63, 3.8) is 0 Å². The zero-order valence-corrected chi connectivity index (χ0v) is 8.04. The number of aryl methyl sites for hydroxylation is 1. The summed E-state index contributed by atoms with van der Waals surface area (Å²) in [5.41, 5.74) is 9.36. The fourth-order valence-electron chi connectivity index (χ4n) is 1.38. The van der Waals surface area contributed by atoms with Crippen molar-refractivity contribution in [3.8, 4) is 6.07 Å². The Morgan fingerprint density at radius 1 is 1.46 bits per heavy atom. The van der Waals surface area contributed by atoms with Crippen LogP contribution in [0.2, 0.25) is 0 Å². The van der Waals surface area contributed by atoms with E-state index in [0.29, 0.717) is 6.42 Å². The lowest BCUT2D eigenvalue weighted by Gasteiger charge is -2.12. The van der Waals surface area contributed by atoms with Gasteiger partial charge in [-0.05, 0) is 30.5 Å². The Labute approximate surface area is 79.0 Å². The Morgan fingerprint density at radius 3 is 2.77 bits per heavy atom. The highest BCUT2D eigenvalue weighted by Crippen LogP contribution is 2.20. The second-order valence-corrected chi connectivity index (χ2v) is 3.26. The van der Waals surface area contributed by atoms with Crippen molar-refractivity contribution in [2.75, 3.05) is 0 Å². The van der Waals surface area contributed by atoms with Crippen LogP contribution in [0.1, 0.15) is 29.2 Å². The van der Waals surface area contributed by atoms with E-state index in [4.69, 9.17) is 11.0 Å². The standard InChI is InChI=1S/C11H14N2/c1-8-4-3-5-10(9(8)2)11(13)6-7-12/h3-5,11H,6,13H2,1-2H3. The molecule has 2 heteroatoms. The first-order valence-corrected chi connectivity index (χ1v) is 4.35. The third-order valence-corrected chi connectivity index (χ3v) is 2.36. The van der Waals surface area contributed by atoms with Gasteiger partial charge in [0.2, 0.25) is 0 Å². The lowest BCUT2D eigenvalue weighted by molar-refractivity contribution is 0.741. The molecule has 0 aliphatic heterocycles. The fourth-order valence-corrected chi connectivity index (χ4v) is 1.38. The van der Waals surface area contributed by atoms with E-state index in [2.05, 4.69) is 19.1 Å². The summed E-state index contributed by atoms with van der Waals surface area (Å²) in [6.07, 6.45) is 0.379. The molecule has 2 nitrogen and oxygen atoms in total. The molecule has 1 unspecified atom stereocenters. The summed E-state index contributed by atoms with van der Waals surface area (Å²) in [6.45, 7) is 4.10. The van der Waals surface area contributed by atoms with Crippen molar-refractivity contribution >= 4 is 0 Å². The molecule has 1 atom stereocenters. The van der Waals surface area contributed by atoms with Gasteiger partial charge in [0.1, 0.15) is 0 Å². The lowest BCUT2D eigenvalue weighted by atomic mass is 9.97. The van der Waals surface area contributed by atoms with Gasteiger partial charge >= 0.3 is 0 Å². The van der Waals surface area contributed by atoms with Crippen LogP contribution in [0, 0.1) is 25.2 Å². The molecule has 1 aromatic carbocycles. The second-order valence-electron chi connectivity index (χ2n) is 3.26. The van der Waals surface area contributed by atoms with E-state index < -0.39 is 0 Å². The average Bonchev–Trinajstić information content (AvgIpc) is 2.10. The van der Waals surface area contributed by atoms with Crippen LogP contribution < -0.4 is 5.73 Å². The number of hydrogen-bond acceptors (Lipinski definition) is 2. The molecule has 0 heterocycles. The highest BCUT2D eigenvalue weighted by atomic mass is 14.6. The van der Waals surface area contributed by atoms with Crippen LogP contribution >= 0.6 is 0 Å². The van der Waals surface area contributed by atoms with Crippen LogP contribution in [-0.4, -0.2) is 0 Å². The SMILES string of the molecule is Cc1cccc(C(N)CC#N)c1C. The van der Waals surface area contributed by atoms with Gasteiger partial charge in [-0.3, -0.25) is 0 Å². The zero-order chi connectivity index (χ0) is 9.84. The summed E-state index contributed by atoms with van der Waals surface area (Å²) >= 11 is 0. The van der Waals surface area contributed by atoms with Gasteiger partial charge in [-0.2, -0.15) is 5.26 Å². The van der Waals surface area contributed by atoms with Gasteiger partial charge in [0.15, 0.2) is 0 Å². The molecule has 68 valence electrons. The van der Waals surface area contributed by atoms with Crippen molar-refractivity contribution in [2.24, 2.45) is 5.73 Å². The van der Waals surface area contributed by atoms with Crippen LogP contribution in [0.4, 0.5) is 0 Å². The van der Waals surface area contributed by atoms with Crippen LogP contribution in [0.3, 0.4) is 0 Å². The maximum Gasteiger partial charge on any atom is 0.0641 e. The maximum absolute atomic E-state index is 8.53. The van der Waals surface area contributed by atoms with E-state index in [0.717, 1.165) is 5.56 Å². The van der Waals surface area contributed by atoms with E-state index in [1.165, 1.54) is 11.1 Å². The second kappa shape index (κ2) is 4.06. The summed E-state index contributed by atoms with van der Waals surface area (Å²) in [4.78, 5) is 0. The lowest BCUT2D eigenvalue weighted by Crippen LogP contribution is -2.11. The molecule has 0 aliphatic rings. The monoisotopic (exact) mass is 174 g/mol. The third-order valence-electron chi connectivity index (χ3n) is 2.36. The molecular formula is C11H14N2. The molecule has 13 heavy (non-hydrogen) atoms. The van der Waals surface area contributed by atoms with Gasteiger partial charge in [0.05, 0.1) is 12.5 Å². The van der Waals surface area contributed by atoms with Gasteiger partial charge in [0, 0.05) is 6.04 Å². The van der Waals surface area contributed by atoms with Crippen LogP contribution in [0.5, 0.6) is 0 Å². The van der Waals surface area contributed by atoms with Gasteiger partial charge in [-0.1, -0.05) is 18.2 Å². The number of nitriles is 1. The molecule has 0 saturated heterocycles. The van der Waals surface area contributed by atoms with Gasteiger partial charge < -0.3 is 5.73 Å². The van der Waals surface area contributed by atoms with Crippen molar-refractivity contribution in [3.05, 3.63) is 34.9 Å². The van der Waals surface area contributed by atoms with Crippen LogP contribution in [0.15, 0.2) is 18.2 Å². The number of nitrogens with two attached hydrogens (primary N) is 1. The number of benzene rings is 1. The third kappa shape index (κ3) is 2.07. The molecule has 0 fully saturated rings. The summed E-state index contributed by atoms with van der Waals surface area (Å²) in [7, 11) is 0. The van der Waals surface area contributed by atoms with E-state index >= 15 is 0 Å². The molecule has 1 aromatic rings. The summed E-state index contributed by atoms with van der Waals surface area (Å²) in [5, 5.41) is 8.53. The molecule has 0 spiro atoms.